The molecule has 88 valence electrons. The number of anilines is 1. The topological polar surface area (TPSA) is 19.4 Å². The van der Waals surface area contributed by atoms with E-state index in [-0.39, 0.29) is 0 Å². The number of pyridine rings is 1. The molecule has 0 saturated carbocycles. The number of nitrogens with zero attached hydrogens (tertiary/aromatic N) is 3. The molecular formula is C13H21N3. The Balaban J connectivity index is 2.10. The molecule has 0 unspecified atom stereocenters. The first-order valence-corrected chi connectivity index (χ1v) is 6.11. The van der Waals surface area contributed by atoms with Crippen LogP contribution >= 0.6 is 0 Å². The minimum absolute atomic E-state index is 1.12. The zero-order valence-corrected chi connectivity index (χ0v) is 10.5. The highest BCUT2D eigenvalue weighted by molar-refractivity contribution is 5.52. The van der Waals surface area contributed by atoms with Crippen molar-refractivity contribution < 1.29 is 0 Å². The molecule has 2 rings (SSSR count). The van der Waals surface area contributed by atoms with E-state index in [2.05, 4.69) is 41.6 Å². The summed E-state index contributed by atoms with van der Waals surface area (Å²) in [5.74, 6) is 0. The van der Waals surface area contributed by atoms with Crippen LogP contribution in [0.15, 0.2) is 12.3 Å². The molecule has 0 N–H and O–H groups in total. The zero-order chi connectivity index (χ0) is 11.5. The molecule has 0 radical (unpaired) electrons. The van der Waals surface area contributed by atoms with Crippen molar-refractivity contribution in [3.05, 3.63) is 23.5 Å². The van der Waals surface area contributed by atoms with Gasteiger partial charge < -0.3 is 9.80 Å². The van der Waals surface area contributed by atoms with E-state index in [0.717, 1.165) is 18.8 Å². The number of piperazine rings is 1. The molecule has 1 saturated heterocycles. The molecule has 1 fully saturated rings. The van der Waals surface area contributed by atoms with Crippen molar-refractivity contribution in [2.75, 3.05) is 37.6 Å². The van der Waals surface area contributed by atoms with Crippen molar-refractivity contribution in [1.82, 2.24) is 9.88 Å². The molecule has 1 aliphatic heterocycles. The summed E-state index contributed by atoms with van der Waals surface area (Å²) in [5, 5.41) is 0. The lowest BCUT2D eigenvalue weighted by molar-refractivity contribution is 0.271. The maximum atomic E-state index is 4.44. The van der Waals surface area contributed by atoms with E-state index < -0.39 is 0 Å². The van der Waals surface area contributed by atoms with E-state index >= 15 is 0 Å². The van der Waals surface area contributed by atoms with Gasteiger partial charge >= 0.3 is 0 Å². The second-order valence-corrected chi connectivity index (χ2v) is 4.54. The predicted molar refractivity (Wildman–Crippen MR) is 68.0 cm³/mol. The molecule has 0 spiro atoms. The summed E-state index contributed by atoms with van der Waals surface area (Å²) in [4.78, 5) is 9.39. The average molecular weight is 219 g/mol. The third kappa shape index (κ3) is 2.35. The van der Waals surface area contributed by atoms with E-state index in [1.807, 2.05) is 6.20 Å². The second-order valence-electron chi connectivity index (χ2n) is 4.54. The number of rotatable bonds is 2. The first-order valence-electron chi connectivity index (χ1n) is 6.11. The summed E-state index contributed by atoms with van der Waals surface area (Å²) in [6.07, 6.45) is 1.95. The largest absolute Gasteiger partial charge is 0.367 e. The third-order valence-corrected chi connectivity index (χ3v) is 3.36. The van der Waals surface area contributed by atoms with Crippen LogP contribution in [0.5, 0.6) is 0 Å². The van der Waals surface area contributed by atoms with Crippen LogP contribution in [0, 0.1) is 13.8 Å². The van der Waals surface area contributed by atoms with Crippen LogP contribution in [0.3, 0.4) is 0 Å². The molecule has 3 nitrogen and oxygen atoms in total. The molecule has 0 aromatic carbocycles. The Labute approximate surface area is 98.1 Å². The molecule has 16 heavy (non-hydrogen) atoms. The number of aromatic nitrogens is 1. The highest BCUT2D eigenvalue weighted by atomic mass is 15.3. The first kappa shape index (κ1) is 11.4. The highest BCUT2D eigenvalue weighted by Gasteiger charge is 2.17. The first-order chi connectivity index (χ1) is 7.70. The highest BCUT2D eigenvalue weighted by Crippen LogP contribution is 2.20. The zero-order valence-electron chi connectivity index (χ0n) is 10.5. The second kappa shape index (κ2) is 4.83. The number of hydrogen-bond donors (Lipinski definition) is 0. The summed E-state index contributed by atoms with van der Waals surface area (Å²) in [6.45, 7) is 12.2. The summed E-state index contributed by atoms with van der Waals surface area (Å²) < 4.78 is 0. The number of aryl methyl sites for hydroxylation is 2. The van der Waals surface area contributed by atoms with Gasteiger partial charge in [0.1, 0.15) is 0 Å². The van der Waals surface area contributed by atoms with Crippen LogP contribution in [0.4, 0.5) is 5.69 Å². The molecule has 0 atom stereocenters. The van der Waals surface area contributed by atoms with Gasteiger partial charge in [-0.2, -0.15) is 0 Å². The maximum absolute atomic E-state index is 4.44. The Morgan fingerprint density at radius 1 is 1.19 bits per heavy atom. The lowest BCUT2D eigenvalue weighted by Gasteiger charge is -2.36. The van der Waals surface area contributed by atoms with Gasteiger partial charge in [0, 0.05) is 32.4 Å². The smallest absolute Gasteiger partial charge is 0.0606 e. The number of hydrogen-bond acceptors (Lipinski definition) is 3. The van der Waals surface area contributed by atoms with E-state index in [9.17, 15) is 0 Å². The monoisotopic (exact) mass is 219 g/mol. The van der Waals surface area contributed by atoms with Crippen LogP contribution in [0.25, 0.3) is 0 Å². The number of likely N-dealkylation sites (N-methyl/N-ethyl adjacent to an activating group) is 1. The van der Waals surface area contributed by atoms with Crippen molar-refractivity contribution in [3.63, 3.8) is 0 Å². The van der Waals surface area contributed by atoms with Gasteiger partial charge in [-0.25, -0.2) is 0 Å². The Bertz CT molecular complexity index is 354. The fraction of sp³-hybridized carbons (Fsp3) is 0.615. The maximum Gasteiger partial charge on any atom is 0.0606 e. The fourth-order valence-corrected chi connectivity index (χ4v) is 2.25. The molecular weight excluding hydrogens is 198 g/mol. The minimum Gasteiger partial charge on any atom is -0.367 e. The van der Waals surface area contributed by atoms with Gasteiger partial charge in [-0.1, -0.05) is 6.92 Å². The third-order valence-electron chi connectivity index (χ3n) is 3.36. The van der Waals surface area contributed by atoms with Crippen molar-refractivity contribution in [3.8, 4) is 0 Å². The molecule has 1 aliphatic rings. The van der Waals surface area contributed by atoms with Gasteiger partial charge in [0.25, 0.3) is 0 Å². The van der Waals surface area contributed by atoms with Crippen molar-refractivity contribution in [2.45, 2.75) is 20.8 Å². The Morgan fingerprint density at radius 2 is 1.88 bits per heavy atom. The quantitative estimate of drug-likeness (QED) is 0.756. The lowest BCUT2D eigenvalue weighted by atomic mass is 10.2. The van der Waals surface area contributed by atoms with E-state index in [1.165, 1.54) is 30.9 Å². The lowest BCUT2D eigenvalue weighted by Crippen LogP contribution is -2.46. The van der Waals surface area contributed by atoms with Crippen molar-refractivity contribution in [1.29, 1.82) is 0 Å². The van der Waals surface area contributed by atoms with E-state index in [1.54, 1.807) is 0 Å². The Hall–Kier alpha value is -1.09. The SMILES string of the molecule is CCN1CCN(c2cc(C)cnc2C)CC1. The van der Waals surface area contributed by atoms with Gasteiger partial charge in [-0.3, -0.25) is 4.98 Å². The van der Waals surface area contributed by atoms with Crippen LogP contribution in [0.1, 0.15) is 18.2 Å². The molecule has 1 aromatic rings. The van der Waals surface area contributed by atoms with Gasteiger partial charge in [0.05, 0.1) is 11.4 Å². The summed E-state index contributed by atoms with van der Waals surface area (Å²) in [5.41, 5.74) is 3.71. The molecule has 2 heterocycles. The van der Waals surface area contributed by atoms with E-state index in [4.69, 9.17) is 0 Å². The normalized spacial score (nSPS) is 17.8. The Kier molecular flexibility index (Phi) is 3.44. The molecule has 0 amide bonds. The minimum atomic E-state index is 1.12. The summed E-state index contributed by atoms with van der Waals surface area (Å²) >= 11 is 0. The fourth-order valence-electron chi connectivity index (χ4n) is 2.25. The van der Waals surface area contributed by atoms with Gasteiger partial charge in [0.15, 0.2) is 0 Å². The molecule has 0 aliphatic carbocycles. The average Bonchev–Trinajstić information content (AvgIpc) is 2.32. The van der Waals surface area contributed by atoms with E-state index in [0.29, 0.717) is 0 Å². The van der Waals surface area contributed by atoms with Crippen molar-refractivity contribution in [2.24, 2.45) is 0 Å². The van der Waals surface area contributed by atoms with Crippen LogP contribution in [-0.2, 0) is 0 Å². The van der Waals surface area contributed by atoms with Gasteiger partial charge in [-0.05, 0) is 32.0 Å². The van der Waals surface area contributed by atoms with Gasteiger partial charge in [-0.15, -0.1) is 0 Å². The molecule has 0 bridgehead atoms. The van der Waals surface area contributed by atoms with Crippen LogP contribution in [0.2, 0.25) is 0 Å². The Morgan fingerprint density at radius 3 is 2.50 bits per heavy atom. The van der Waals surface area contributed by atoms with Crippen LogP contribution < -0.4 is 4.90 Å². The molecule has 3 heteroatoms. The predicted octanol–water partition coefficient (Wildman–Crippen LogP) is 1.84. The summed E-state index contributed by atoms with van der Waals surface area (Å²) in [6, 6.07) is 2.25. The van der Waals surface area contributed by atoms with Crippen molar-refractivity contribution >= 4 is 5.69 Å². The standard InChI is InChI=1S/C13H21N3/c1-4-15-5-7-16(8-6-15)13-9-11(2)10-14-12(13)3/h9-10H,4-8H2,1-3H3. The molecule has 1 aromatic heterocycles. The summed E-state index contributed by atoms with van der Waals surface area (Å²) in [7, 11) is 0. The van der Waals surface area contributed by atoms with Crippen LogP contribution in [-0.4, -0.2) is 42.6 Å². The van der Waals surface area contributed by atoms with Gasteiger partial charge in [0.2, 0.25) is 0 Å².